The van der Waals surface area contributed by atoms with Gasteiger partial charge in [0.15, 0.2) is 0 Å². The maximum absolute atomic E-state index is 13.3. The Labute approximate surface area is 200 Å². The Kier molecular flexibility index (Phi) is 6.55. The molecule has 1 N–H and O–H groups in total. The molecule has 0 saturated carbocycles. The van der Waals surface area contributed by atoms with E-state index in [9.17, 15) is 14.7 Å². The molecule has 1 aliphatic rings. The van der Waals surface area contributed by atoms with E-state index in [4.69, 9.17) is 4.74 Å². The molecule has 34 heavy (non-hydrogen) atoms. The summed E-state index contributed by atoms with van der Waals surface area (Å²) in [7, 11) is 0. The summed E-state index contributed by atoms with van der Waals surface area (Å²) in [5.41, 5.74) is 3.87. The van der Waals surface area contributed by atoms with E-state index in [1.165, 1.54) is 4.90 Å². The van der Waals surface area contributed by atoms with Gasteiger partial charge in [-0.25, -0.2) is 0 Å². The van der Waals surface area contributed by atoms with Gasteiger partial charge < -0.3 is 9.84 Å². The van der Waals surface area contributed by atoms with E-state index in [0.29, 0.717) is 29.5 Å². The summed E-state index contributed by atoms with van der Waals surface area (Å²) in [6, 6.07) is 21.2. The standard InChI is InChI=1S/C29H29NO4/c1-18(2)17-34-23-15-13-22(14-16-23)27(31)25-26(21-10-6-5-7-11-21)30(29(33)28(25)32)24-12-8-9-19(3)20(24)4/h5-16,18,26,31H,17H2,1-4H3/b27-25+. The smallest absolute Gasteiger partial charge is 0.300 e. The fraction of sp³-hybridized carbons (Fsp3) is 0.241. The number of Topliss-reactive ketones (excluding diaryl/α,β-unsaturated/α-hetero) is 1. The molecule has 1 aliphatic heterocycles. The first-order valence-electron chi connectivity index (χ1n) is 11.4. The number of aryl methyl sites for hydroxylation is 1. The van der Waals surface area contributed by atoms with Crippen LogP contribution < -0.4 is 9.64 Å². The molecule has 1 amide bonds. The van der Waals surface area contributed by atoms with Crippen molar-refractivity contribution in [3.63, 3.8) is 0 Å². The number of hydrogen-bond acceptors (Lipinski definition) is 4. The normalized spacial score (nSPS) is 17.4. The molecule has 1 fully saturated rings. The average molecular weight is 456 g/mol. The number of ketones is 1. The fourth-order valence-corrected chi connectivity index (χ4v) is 4.16. The lowest BCUT2D eigenvalue weighted by Gasteiger charge is -2.27. The van der Waals surface area contributed by atoms with Crippen molar-refractivity contribution in [1.82, 2.24) is 0 Å². The molecule has 1 unspecified atom stereocenters. The highest BCUT2D eigenvalue weighted by molar-refractivity contribution is 6.51. The van der Waals surface area contributed by atoms with Gasteiger partial charge in [-0.3, -0.25) is 14.5 Å². The molecule has 1 saturated heterocycles. The van der Waals surface area contributed by atoms with Crippen LogP contribution in [0.3, 0.4) is 0 Å². The van der Waals surface area contributed by atoms with Crippen LogP contribution in [0.25, 0.3) is 5.76 Å². The number of aliphatic hydroxyl groups is 1. The second-order valence-electron chi connectivity index (χ2n) is 9.03. The Morgan fingerprint density at radius 3 is 2.26 bits per heavy atom. The summed E-state index contributed by atoms with van der Waals surface area (Å²) < 4.78 is 5.73. The highest BCUT2D eigenvalue weighted by atomic mass is 16.5. The number of nitrogens with zero attached hydrogens (tertiary/aromatic N) is 1. The quantitative estimate of drug-likeness (QED) is 0.283. The van der Waals surface area contributed by atoms with Crippen LogP contribution in [0.2, 0.25) is 0 Å². The van der Waals surface area contributed by atoms with E-state index < -0.39 is 17.7 Å². The highest BCUT2D eigenvalue weighted by Gasteiger charge is 2.47. The summed E-state index contributed by atoms with van der Waals surface area (Å²) in [5.74, 6) is -0.482. The molecule has 0 bridgehead atoms. The number of hydrogen-bond donors (Lipinski definition) is 1. The summed E-state index contributed by atoms with van der Waals surface area (Å²) in [6.45, 7) is 8.62. The molecule has 0 radical (unpaired) electrons. The van der Waals surface area contributed by atoms with Gasteiger partial charge in [-0.1, -0.05) is 56.3 Å². The Balaban J connectivity index is 1.83. The number of amides is 1. The van der Waals surface area contributed by atoms with Crippen LogP contribution in [0.5, 0.6) is 5.75 Å². The van der Waals surface area contributed by atoms with Crippen LogP contribution in [0.15, 0.2) is 78.4 Å². The maximum atomic E-state index is 13.3. The highest BCUT2D eigenvalue weighted by Crippen LogP contribution is 2.43. The van der Waals surface area contributed by atoms with Gasteiger partial charge in [0, 0.05) is 11.3 Å². The van der Waals surface area contributed by atoms with Crippen LogP contribution in [-0.2, 0) is 9.59 Å². The minimum atomic E-state index is -0.737. The first kappa shape index (κ1) is 23.3. The number of ether oxygens (including phenoxy) is 1. The first-order valence-corrected chi connectivity index (χ1v) is 11.4. The minimum absolute atomic E-state index is 0.0768. The van der Waals surface area contributed by atoms with Gasteiger partial charge in [-0.15, -0.1) is 0 Å². The predicted octanol–water partition coefficient (Wildman–Crippen LogP) is 5.96. The Bertz CT molecular complexity index is 1240. The Morgan fingerprint density at radius 1 is 0.941 bits per heavy atom. The molecule has 0 spiro atoms. The summed E-state index contributed by atoms with van der Waals surface area (Å²) in [5, 5.41) is 11.3. The molecule has 1 heterocycles. The second-order valence-corrected chi connectivity index (χ2v) is 9.03. The van der Waals surface area contributed by atoms with Crippen molar-refractivity contribution >= 4 is 23.1 Å². The summed E-state index contributed by atoms with van der Waals surface area (Å²) in [6.07, 6.45) is 0. The summed E-state index contributed by atoms with van der Waals surface area (Å²) >= 11 is 0. The van der Waals surface area contributed by atoms with Gasteiger partial charge in [0.1, 0.15) is 11.5 Å². The van der Waals surface area contributed by atoms with Crippen LogP contribution in [-0.4, -0.2) is 23.4 Å². The maximum Gasteiger partial charge on any atom is 0.300 e. The molecule has 0 aliphatic carbocycles. The fourth-order valence-electron chi connectivity index (χ4n) is 4.16. The number of rotatable bonds is 6. The molecular formula is C29H29NO4. The van der Waals surface area contributed by atoms with Gasteiger partial charge in [0.2, 0.25) is 0 Å². The van der Waals surface area contributed by atoms with Gasteiger partial charge in [-0.2, -0.15) is 0 Å². The number of aliphatic hydroxyl groups excluding tert-OH is 1. The molecule has 5 heteroatoms. The van der Waals surface area contributed by atoms with E-state index in [0.717, 1.165) is 16.7 Å². The van der Waals surface area contributed by atoms with Crippen molar-refractivity contribution in [3.8, 4) is 5.75 Å². The van der Waals surface area contributed by atoms with Crippen molar-refractivity contribution in [3.05, 3.63) is 101 Å². The van der Waals surface area contributed by atoms with Crippen LogP contribution >= 0.6 is 0 Å². The van der Waals surface area contributed by atoms with Crippen LogP contribution in [0, 0.1) is 19.8 Å². The monoisotopic (exact) mass is 455 g/mol. The molecular weight excluding hydrogens is 426 g/mol. The Morgan fingerprint density at radius 2 is 1.62 bits per heavy atom. The lowest BCUT2D eigenvalue weighted by atomic mass is 9.94. The molecule has 4 rings (SSSR count). The third-order valence-electron chi connectivity index (χ3n) is 6.11. The Hall–Kier alpha value is -3.86. The van der Waals surface area contributed by atoms with Crippen molar-refractivity contribution in [2.75, 3.05) is 11.5 Å². The van der Waals surface area contributed by atoms with Crippen molar-refractivity contribution in [2.24, 2.45) is 5.92 Å². The number of anilines is 1. The lowest BCUT2D eigenvalue weighted by molar-refractivity contribution is -0.132. The number of benzene rings is 3. The van der Waals surface area contributed by atoms with Crippen molar-refractivity contribution in [1.29, 1.82) is 0 Å². The topological polar surface area (TPSA) is 66.8 Å². The van der Waals surface area contributed by atoms with Crippen molar-refractivity contribution in [2.45, 2.75) is 33.7 Å². The SMILES string of the molecule is Cc1cccc(N2C(=O)C(=O)/C(=C(/O)c3ccc(OCC(C)C)cc3)C2c2ccccc2)c1C. The van der Waals surface area contributed by atoms with Gasteiger partial charge in [0.25, 0.3) is 11.7 Å². The van der Waals surface area contributed by atoms with Gasteiger partial charge in [0.05, 0.1) is 18.2 Å². The largest absolute Gasteiger partial charge is 0.507 e. The van der Waals surface area contributed by atoms with E-state index in [1.54, 1.807) is 24.3 Å². The predicted molar refractivity (Wildman–Crippen MR) is 134 cm³/mol. The zero-order valence-electron chi connectivity index (χ0n) is 19.9. The van der Waals surface area contributed by atoms with Crippen molar-refractivity contribution < 1.29 is 19.4 Å². The van der Waals surface area contributed by atoms with Gasteiger partial charge in [-0.05, 0) is 66.8 Å². The first-order chi connectivity index (χ1) is 16.3. The second kappa shape index (κ2) is 9.56. The van der Waals surface area contributed by atoms with Crippen LogP contribution in [0.4, 0.5) is 5.69 Å². The van der Waals surface area contributed by atoms with E-state index in [1.807, 2.05) is 62.4 Å². The van der Waals surface area contributed by atoms with E-state index in [2.05, 4.69) is 13.8 Å². The molecule has 174 valence electrons. The number of carbonyl (C=O) groups is 2. The van der Waals surface area contributed by atoms with E-state index >= 15 is 0 Å². The average Bonchev–Trinajstić information content (AvgIpc) is 3.10. The molecule has 3 aromatic rings. The summed E-state index contributed by atoms with van der Waals surface area (Å²) in [4.78, 5) is 28.1. The van der Waals surface area contributed by atoms with Gasteiger partial charge >= 0.3 is 0 Å². The molecule has 5 nitrogen and oxygen atoms in total. The molecule has 0 aromatic heterocycles. The minimum Gasteiger partial charge on any atom is -0.507 e. The molecule has 3 aromatic carbocycles. The van der Waals surface area contributed by atoms with E-state index in [-0.39, 0.29) is 11.3 Å². The third-order valence-corrected chi connectivity index (χ3v) is 6.11. The zero-order valence-corrected chi connectivity index (χ0v) is 19.9. The number of carbonyl (C=O) groups excluding carboxylic acids is 2. The third kappa shape index (κ3) is 4.34. The lowest BCUT2D eigenvalue weighted by Crippen LogP contribution is -2.30. The van der Waals surface area contributed by atoms with Crippen LogP contribution in [0.1, 0.15) is 42.1 Å². The molecule has 1 atom stereocenters. The zero-order chi connectivity index (χ0) is 24.4.